The highest BCUT2D eigenvalue weighted by Gasteiger charge is 2.37. The van der Waals surface area contributed by atoms with Crippen molar-refractivity contribution in [3.63, 3.8) is 0 Å². The van der Waals surface area contributed by atoms with Crippen molar-refractivity contribution in [1.82, 2.24) is 0 Å². The van der Waals surface area contributed by atoms with Gasteiger partial charge in [0.2, 0.25) is 0 Å². The molecule has 0 heterocycles. The quantitative estimate of drug-likeness (QED) is 0.671. The summed E-state index contributed by atoms with van der Waals surface area (Å²) in [6, 6.07) is 0. The molecule has 5 heteroatoms. The Hall–Kier alpha value is -0.130. The van der Waals surface area contributed by atoms with Gasteiger partial charge in [0.25, 0.3) is 0 Å². The third-order valence-corrected chi connectivity index (χ3v) is 4.57. The molecule has 0 aromatic rings. The van der Waals surface area contributed by atoms with Crippen LogP contribution in [0.5, 0.6) is 0 Å². The molecule has 0 fully saturated rings. The summed E-state index contributed by atoms with van der Waals surface area (Å²) in [4.78, 5) is 0. The van der Waals surface area contributed by atoms with Crippen LogP contribution in [-0.4, -0.2) is 43.8 Å². The van der Waals surface area contributed by atoms with Crippen molar-refractivity contribution in [3.05, 3.63) is 0 Å². The van der Waals surface area contributed by atoms with Gasteiger partial charge in [-0.2, -0.15) is 0 Å². The highest BCUT2D eigenvalue weighted by atomic mass is 32.2. The Bertz CT molecular complexity index is 256. The SMILES string of the molecule is CCCOCC(O)C(C)(C)S(C)(=O)=O. The van der Waals surface area contributed by atoms with Crippen molar-refractivity contribution in [2.45, 2.75) is 38.0 Å². The van der Waals surface area contributed by atoms with Crippen molar-refractivity contribution in [3.8, 4) is 0 Å². The normalized spacial score (nSPS) is 15.5. The predicted octanol–water partition coefficient (Wildman–Crippen LogP) is 0.597. The molecule has 0 aliphatic rings. The first kappa shape index (κ1) is 13.9. The van der Waals surface area contributed by atoms with Gasteiger partial charge in [0.15, 0.2) is 9.84 Å². The highest BCUT2D eigenvalue weighted by Crippen LogP contribution is 2.20. The van der Waals surface area contributed by atoms with Crippen molar-refractivity contribution >= 4 is 9.84 Å². The second kappa shape index (κ2) is 5.09. The largest absolute Gasteiger partial charge is 0.389 e. The van der Waals surface area contributed by atoms with Crippen LogP contribution in [0.1, 0.15) is 27.2 Å². The van der Waals surface area contributed by atoms with Crippen molar-refractivity contribution in [2.75, 3.05) is 19.5 Å². The van der Waals surface area contributed by atoms with E-state index in [0.717, 1.165) is 12.7 Å². The number of aliphatic hydroxyl groups is 1. The maximum absolute atomic E-state index is 11.3. The molecule has 0 amide bonds. The Labute approximate surface area is 86.2 Å². The average molecular weight is 224 g/mol. The fourth-order valence-corrected chi connectivity index (χ4v) is 1.35. The van der Waals surface area contributed by atoms with E-state index in [1.54, 1.807) is 0 Å². The summed E-state index contributed by atoms with van der Waals surface area (Å²) >= 11 is 0. The molecule has 0 spiro atoms. The monoisotopic (exact) mass is 224 g/mol. The van der Waals surface area contributed by atoms with E-state index >= 15 is 0 Å². The van der Waals surface area contributed by atoms with Crippen molar-refractivity contribution in [1.29, 1.82) is 0 Å². The Balaban J connectivity index is 4.30. The Morgan fingerprint density at radius 1 is 1.43 bits per heavy atom. The molecule has 0 rings (SSSR count). The number of sulfone groups is 1. The average Bonchev–Trinajstić information content (AvgIpc) is 2.02. The third-order valence-electron chi connectivity index (χ3n) is 2.38. The molecule has 0 aromatic heterocycles. The van der Waals surface area contributed by atoms with Crippen LogP contribution in [0.2, 0.25) is 0 Å². The van der Waals surface area contributed by atoms with Crippen molar-refractivity contribution in [2.24, 2.45) is 0 Å². The summed E-state index contributed by atoms with van der Waals surface area (Å²) in [5.74, 6) is 0. The second-order valence-electron chi connectivity index (χ2n) is 3.97. The number of ether oxygens (including phenoxy) is 1. The van der Waals surface area contributed by atoms with Crippen LogP contribution >= 0.6 is 0 Å². The smallest absolute Gasteiger partial charge is 0.155 e. The predicted molar refractivity (Wildman–Crippen MR) is 56.0 cm³/mol. The van der Waals surface area contributed by atoms with Gasteiger partial charge >= 0.3 is 0 Å². The molecule has 0 radical (unpaired) electrons. The van der Waals surface area contributed by atoms with Crippen LogP contribution in [0.4, 0.5) is 0 Å². The molecule has 0 saturated carbocycles. The molecular formula is C9H20O4S. The molecule has 14 heavy (non-hydrogen) atoms. The van der Waals surface area contributed by atoms with Gasteiger partial charge in [-0.05, 0) is 20.3 Å². The lowest BCUT2D eigenvalue weighted by molar-refractivity contribution is 0.0204. The molecule has 4 nitrogen and oxygen atoms in total. The Kier molecular flexibility index (Phi) is 5.05. The molecule has 0 aliphatic carbocycles. The molecule has 0 saturated heterocycles. The van der Waals surface area contributed by atoms with Crippen molar-refractivity contribution < 1.29 is 18.3 Å². The van der Waals surface area contributed by atoms with E-state index in [2.05, 4.69) is 0 Å². The minimum atomic E-state index is -3.27. The van der Waals surface area contributed by atoms with Gasteiger partial charge in [-0.25, -0.2) is 8.42 Å². The number of hydrogen-bond acceptors (Lipinski definition) is 4. The fraction of sp³-hybridized carbons (Fsp3) is 1.00. The van der Waals surface area contributed by atoms with Crippen LogP contribution in [0.3, 0.4) is 0 Å². The molecule has 0 aliphatic heterocycles. The number of rotatable bonds is 6. The summed E-state index contributed by atoms with van der Waals surface area (Å²) < 4.78 is 26.6. The standard InChI is InChI=1S/C9H20O4S/c1-5-6-13-7-8(10)9(2,3)14(4,11)12/h8,10H,5-7H2,1-4H3. The Morgan fingerprint density at radius 3 is 2.29 bits per heavy atom. The number of hydrogen-bond donors (Lipinski definition) is 1. The van der Waals surface area contributed by atoms with E-state index in [-0.39, 0.29) is 6.61 Å². The summed E-state index contributed by atoms with van der Waals surface area (Å²) in [5.41, 5.74) is 0. The van der Waals surface area contributed by atoms with Gasteiger partial charge in [-0.15, -0.1) is 0 Å². The summed E-state index contributed by atoms with van der Waals surface area (Å²) in [6.45, 7) is 5.56. The molecule has 0 bridgehead atoms. The zero-order valence-corrected chi connectivity index (χ0v) is 10.1. The van der Waals surface area contributed by atoms with E-state index in [9.17, 15) is 13.5 Å². The minimum absolute atomic E-state index is 0.0634. The first-order valence-corrected chi connectivity index (χ1v) is 6.58. The van der Waals surface area contributed by atoms with E-state index in [4.69, 9.17) is 4.74 Å². The van der Waals surface area contributed by atoms with Gasteiger partial charge in [0.1, 0.15) is 0 Å². The molecule has 1 N–H and O–H groups in total. The maximum atomic E-state index is 11.3. The first-order chi connectivity index (χ1) is 6.23. The number of aliphatic hydroxyl groups excluding tert-OH is 1. The van der Waals surface area contributed by atoms with Crippen LogP contribution in [-0.2, 0) is 14.6 Å². The van der Waals surface area contributed by atoms with Gasteiger partial charge < -0.3 is 9.84 Å². The lowest BCUT2D eigenvalue weighted by Crippen LogP contribution is -2.45. The van der Waals surface area contributed by atoms with E-state index in [1.807, 2.05) is 6.92 Å². The molecule has 0 aromatic carbocycles. The molecule has 1 atom stereocenters. The Morgan fingerprint density at radius 2 is 1.93 bits per heavy atom. The molecule has 1 unspecified atom stereocenters. The third kappa shape index (κ3) is 3.55. The van der Waals surface area contributed by atoms with Crippen LogP contribution in [0.25, 0.3) is 0 Å². The summed E-state index contributed by atoms with van der Waals surface area (Å²) in [7, 11) is -3.27. The van der Waals surface area contributed by atoms with Gasteiger partial charge in [0, 0.05) is 12.9 Å². The van der Waals surface area contributed by atoms with Crippen LogP contribution < -0.4 is 0 Å². The van der Waals surface area contributed by atoms with E-state index in [1.165, 1.54) is 13.8 Å². The summed E-state index contributed by atoms with van der Waals surface area (Å²) in [5, 5.41) is 9.64. The molecular weight excluding hydrogens is 204 g/mol. The topological polar surface area (TPSA) is 63.6 Å². The summed E-state index contributed by atoms with van der Waals surface area (Å²) in [6.07, 6.45) is 0.992. The zero-order valence-electron chi connectivity index (χ0n) is 9.28. The van der Waals surface area contributed by atoms with Gasteiger partial charge in [-0.1, -0.05) is 6.92 Å². The van der Waals surface area contributed by atoms with Crippen LogP contribution in [0.15, 0.2) is 0 Å². The van der Waals surface area contributed by atoms with Gasteiger partial charge in [-0.3, -0.25) is 0 Å². The minimum Gasteiger partial charge on any atom is -0.389 e. The lowest BCUT2D eigenvalue weighted by Gasteiger charge is -2.28. The lowest BCUT2D eigenvalue weighted by atomic mass is 10.1. The van der Waals surface area contributed by atoms with E-state index < -0.39 is 20.7 Å². The van der Waals surface area contributed by atoms with Crippen LogP contribution in [0, 0.1) is 0 Å². The fourth-order valence-electron chi connectivity index (χ4n) is 0.787. The maximum Gasteiger partial charge on any atom is 0.155 e. The van der Waals surface area contributed by atoms with Gasteiger partial charge in [0.05, 0.1) is 17.5 Å². The molecule has 86 valence electrons. The second-order valence-corrected chi connectivity index (χ2v) is 6.56. The highest BCUT2D eigenvalue weighted by molar-refractivity contribution is 7.92. The first-order valence-electron chi connectivity index (χ1n) is 4.69. The zero-order chi connectivity index (χ0) is 11.4. The van der Waals surface area contributed by atoms with E-state index in [0.29, 0.717) is 6.61 Å².